The van der Waals surface area contributed by atoms with Crippen molar-refractivity contribution >= 4 is 10.5 Å². The average Bonchev–Trinajstić information content (AvgIpc) is 1.86. The van der Waals surface area contributed by atoms with E-state index in [4.69, 9.17) is 4.43 Å². The molecule has 0 aromatic heterocycles. The van der Waals surface area contributed by atoms with Gasteiger partial charge in [-0.1, -0.05) is 27.2 Å². The highest BCUT2D eigenvalue weighted by Gasteiger charge is 2.06. The molecule has 1 atom stereocenters. The summed E-state index contributed by atoms with van der Waals surface area (Å²) in [6, 6.07) is 0. The van der Waals surface area contributed by atoms with Crippen LogP contribution in [0.2, 0.25) is 0 Å². The Morgan fingerprint density at radius 1 is 1.40 bits per heavy atom. The van der Waals surface area contributed by atoms with Crippen molar-refractivity contribution in [3.63, 3.8) is 0 Å². The van der Waals surface area contributed by atoms with Gasteiger partial charge < -0.3 is 4.43 Å². The molecule has 10 heavy (non-hydrogen) atoms. The molecule has 1 unspecified atom stereocenters. The van der Waals surface area contributed by atoms with Crippen molar-refractivity contribution < 1.29 is 4.43 Å². The standard InChI is InChI=1S/C8H20OSi/c1-4-5-8(9-10)6-7(2)3/h7-8H,4-6H2,1-3,10H3. The van der Waals surface area contributed by atoms with E-state index in [1.165, 1.54) is 19.3 Å². The molecule has 0 aromatic carbocycles. The van der Waals surface area contributed by atoms with Gasteiger partial charge in [-0.3, -0.25) is 0 Å². The van der Waals surface area contributed by atoms with Gasteiger partial charge in [0.2, 0.25) is 0 Å². The van der Waals surface area contributed by atoms with E-state index in [2.05, 4.69) is 20.8 Å². The molecule has 62 valence electrons. The van der Waals surface area contributed by atoms with E-state index in [9.17, 15) is 0 Å². The fraction of sp³-hybridized carbons (Fsp3) is 1.00. The lowest BCUT2D eigenvalue weighted by Crippen LogP contribution is -2.13. The average molecular weight is 160 g/mol. The maximum absolute atomic E-state index is 5.44. The van der Waals surface area contributed by atoms with Gasteiger partial charge in [0.25, 0.3) is 0 Å². The van der Waals surface area contributed by atoms with E-state index in [0.29, 0.717) is 6.10 Å². The van der Waals surface area contributed by atoms with Crippen molar-refractivity contribution in [3.05, 3.63) is 0 Å². The van der Waals surface area contributed by atoms with Crippen molar-refractivity contribution in [2.24, 2.45) is 5.92 Å². The molecule has 0 aliphatic carbocycles. The molecule has 0 radical (unpaired) electrons. The first-order chi connectivity index (χ1) is 4.70. The second kappa shape index (κ2) is 5.92. The minimum atomic E-state index is 0.552. The van der Waals surface area contributed by atoms with Crippen molar-refractivity contribution in [1.82, 2.24) is 0 Å². The molecular formula is C8H20OSi. The fourth-order valence-corrected chi connectivity index (χ4v) is 1.61. The number of hydrogen-bond donors (Lipinski definition) is 0. The Morgan fingerprint density at radius 3 is 2.30 bits per heavy atom. The second-order valence-electron chi connectivity index (χ2n) is 3.28. The molecule has 1 nitrogen and oxygen atoms in total. The molecule has 0 aliphatic rings. The molecule has 0 saturated carbocycles. The van der Waals surface area contributed by atoms with Crippen molar-refractivity contribution in [1.29, 1.82) is 0 Å². The van der Waals surface area contributed by atoms with Crippen LogP contribution in [0.15, 0.2) is 0 Å². The molecule has 0 amide bonds. The summed E-state index contributed by atoms with van der Waals surface area (Å²) < 4.78 is 5.44. The zero-order valence-electron chi connectivity index (χ0n) is 7.68. The van der Waals surface area contributed by atoms with Crippen LogP contribution < -0.4 is 0 Å². The Kier molecular flexibility index (Phi) is 6.03. The Morgan fingerprint density at radius 2 is 2.00 bits per heavy atom. The van der Waals surface area contributed by atoms with Crippen LogP contribution in [-0.4, -0.2) is 16.6 Å². The molecule has 0 spiro atoms. The summed E-state index contributed by atoms with van der Waals surface area (Å²) in [7, 11) is 0.892. The lowest BCUT2D eigenvalue weighted by molar-refractivity contribution is 0.179. The van der Waals surface area contributed by atoms with Gasteiger partial charge in [-0.15, -0.1) is 0 Å². The Labute approximate surface area is 67.7 Å². The van der Waals surface area contributed by atoms with Crippen LogP contribution in [0.5, 0.6) is 0 Å². The molecule has 0 saturated heterocycles. The third-order valence-corrected chi connectivity index (χ3v) is 2.34. The highest BCUT2D eigenvalue weighted by molar-refractivity contribution is 5.98. The third kappa shape index (κ3) is 5.00. The summed E-state index contributed by atoms with van der Waals surface area (Å²) in [6.07, 6.45) is 4.27. The van der Waals surface area contributed by atoms with Gasteiger partial charge in [0.05, 0.1) is 0 Å². The van der Waals surface area contributed by atoms with E-state index in [1.807, 2.05) is 0 Å². The van der Waals surface area contributed by atoms with Gasteiger partial charge in [0.15, 0.2) is 0 Å². The van der Waals surface area contributed by atoms with Crippen LogP contribution in [0.3, 0.4) is 0 Å². The first kappa shape index (κ1) is 10.2. The zero-order chi connectivity index (χ0) is 7.98. The molecule has 0 fully saturated rings. The van der Waals surface area contributed by atoms with Crippen molar-refractivity contribution in [2.75, 3.05) is 0 Å². The third-order valence-electron chi connectivity index (χ3n) is 1.68. The van der Waals surface area contributed by atoms with Crippen LogP contribution in [-0.2, 0) is 4.43 Å². The molecule has 0 N–H and O–H groups in total. The summed E-state index contributed by atoms with van der Waals surface area (Å²) in [5, 5.41) is 0. The lowest BCUT2D eigenvalue weighted by Gasteiger charge is -2.16. The van der Waals surface area contributed by atoms with Gasteiger partial charge in [0, 0.05) is 6.10 Å². The predicted molar refractivity (Wildman–Crippen MR) is 49.2 cm³/mol. The SMILES string of the molecule is CCCC(CC(C)C)O[SiH3]. The van der Waals surface area contributed by atoms with E-state index in [0.717, 1.165) is 16.4 Å². The smallest absolute Gasteiger partial charge is 0.146 e. The summed E-state index contributed by atoms with van der Waals surface area (Å²) >= 11 is 0. The van der Waals surface area contributed by atoms with E-state index in [1.54, 1.807) is 0 Å². The Hall–Kier alpha value is 0.177. The molecule has 2 heteroatoms. The molecular weight excluding hydrogens is 140 g/mol. The maximum atomic E-state index is 5.44. The summed E-state index contributed by atoms with van der Waals surface area (Å²) in [5.74, 6) is 0.783. The molecule has 0 bridgehead atoms. The summed E-state index contributed by atoms with van der Waals surface area (Å²) in [4.78, 5) is 0. The molecule has 0 aliphatic heterocycles. The minimum absolute atomic E-state index is 0.552. The quantitative estimate of drug-likeness (QED) is 0.554. The van der Waals surface area contributed by atoms with Crippen molar-refractivity contribution in [3.8, 4) is 0 Å². The fourth-order valence-electron chi connectivity index (χ4n) is 1.18. The van der Waals surface area contributed by atoms with E-state index < -0.39 is 0 Å². The Bertz CT molecular complexity index is 73.7. The number of hydrogen-bond acceptors (Lipinski definition) is 1. The monoisotopic (exact) mass is 160 g/mol. The predicted octanol–water partition coefficient (Wildman–Crippen LogP) is 1.50. The zero-order valence-corrected chi connectivity index (χ0v) is 9.68. The van der Waals surface area contributed by atoms with Gasteiger partial charge in [0.1, 0.15) is 10.5 Å². The normalized spacial score (nSPS) is 14.4. The topological polar surface area (TPSA) is 9.23 Å². The number of rotatable bonds is 5. The van der Waals surface area contributed by atoms with E-state index in [-0.39, 0.29) is 0 Å². The van der Waals surface area contributed by atoms with Gasteiger partial charge in [-0.25, -0.2) is 0 Å². The lowest BCUT2D eigenvalue weighted by atomic mass is 10.0. The minimum Gasteiger partial charge on any atom is -0.425 e. The van der Waals surface area contributed by atoms with E-state index >= 15 is 0 Å². The summed E-state index contributed by atoms with van der Waals surface area (Å²) in [5.41, 5.74) is 0. The largest absolute Gasteiger partial charge is 0.425 e. The second-order valence-corrected chi connectivity index (χ2v) is 3.75. The van der Waals surface area contributed by atoms with Gasteiger partial charge in [-0.2, -0.15) is 0 Å². The molecule has 0 rings (SSSR count). The maximum Gasteiger partial charge on any atom is 0.146 e. The summed E-state index contributed by atoms with van der Waals surface area (Å²) in [6.45, 7) is 6.72. The van der Waals surface area contributed by atoms with Gasteiger partial charge >= 0.3 is 0 Å². The van der Waals surface area contributed by atoms with Crippen LogP contribution in [0.25, 0.3) is 0 Å². The van der Waals surface area contributed by atoms with Crippen molar-refractivity contribution in [2.45, 2.75) is 46.1 Å². The van der Waals surface area contributed by atoms with Crippen LogP contribution >= 0.6 is 0 Å². The van der Waals surface area contributed by atoms with Crippen LogP contribution in [0.4, 0.5) is 0 Å². The van der Waals surface area contributed by atoms with Crippen LogP contribution in [0, 0.1) is 5.92 Å². The first-order valence-electron chi connectivity index (χ1n) is 4.23. The van der Waals surface area contributed by atoms with Gasteiger partial charge in [-0.05, 0) is 18.8 Å². The molecule has 0 aromatic rings. The Balaban J connectivity index is 3.39. The highest BCUT2D eigenvalue weighted by Crippen LogP contribution is 2.11. The molecule has 0 heterocycles. The first-order valence-corrected chi connectivity index (χ1v) is 5.05. The van der Waals surface area contributed by atoms with Crippen LogP contribution in [0.1, 0.15) is 40.0 Å². The highest BCUT2D eigenvalue weighted by atomic mass is 28.2.